The maximum Gasteiger partial charge on any atom is 0.0595 e. The fourth-order valence-electron chi connectivity index (χ4n) is 2.34. The zero-order chi connectivity index (χ0) is 14.5. The summed E-state index contributed by atoms with van der Waals surface area (Å²) in [6.45, 7) is 5.17. The van der Waals surface area contributed by atoms with E-state index in [4.69, 9.17) is 23.2 Å². The molecule has 0 fully saturated rings. The lowest BCUT2D eigenvalue weighted by Gasteiger charge is -2.20. The molecule has 0 radical (unpaired) electrons. The molecule has 0 aliphatic rings. The van der Waals surface area contributed by atoms with Crippen LogP contribution in [-0.4, -0.2) is 6.54 Å². The molecule has 20 heavy (non-hydrogen) atoms. The van der Waals surface area contributed by atoms with Crippen LogP contribution in [0.2, 0.25) is 10.0 Å². The molecular formula is C17H19Cl2N. The van der Waals surface area contributed by atoms with Crippen LogP contribution in [0.4, 0.5) is 0 Å². The lowest BCUT2D eigenvalue weighted by atomic mass is 9.96. The number of halogens is 2. The minimum Gasteiger partial charge on any atom is -0.310 e. The van der Waals surface area contributed by atoms with Gasteiger partial charge in [-0.25, -0.2) is 0 Å². The topological polar surface area (TPSA) is 12.0 Å². The van der Waals surface area contributed by atoms with Gasteiger partial charge >= 0.3 is 0 Å². The van der Waals surface area contributed by atoms with Crippen molar-refractivity contribution in [1.82, 2.24) is 5.32 Å². The van der Waals surface area contributed by atoms with Gasteiger partial charge in [-0.15, -0.1) is 0 Å². The minimum absolute atomic E-state index is 0.246. The highest BCUT2D eigenvalue weighted by Gasteiger charge is 2.13. The molecule has 2 aromatic rings. The van der Waals surface area contributed by atoms with Gasteiger partial charge < -0.3 is 5.32 Å². The summed E-state index contributed by atoms with van der Waals surface area (Å²) in [6, 6.07) is 14.6. The van der Waals surface area contributed by atoms with Crippen molar-refractivity contribution in [2.45, 2.75) is 26.3 Å². The Kier molecular flexibility index (Phi) is 5.47. The van der Waals surface area contributed by atoms with E-state index in [0.29, 0.717) is 10.0 Å². The lowest BCUT2D eigenvalue weighted by molar-refractivity contribution is 0.549. The molecule has 1 nitrogen and oxygen atoms in total. The summed E-state index contributed by atoms with van der Waals surface area (Å²) in [5, 5.41) is 4.73. The Morgan fingerprint density at radius 1 is 1.05 bits per heavy atom. The lowest BCUT2D eigenvalue weighted by Crippen LogP contribution is -2.23. The van der Waals surface area contributed by atoms with Crippen LogP contribution in [0.5, 0.6) is 0 Å². The first-order chi connectivity index (χ1) is 9.61. The first kappa shape index (κ1) is 15.4. The number of aryl methyl sites for hydroxylation is 1. The molecule has 1 N–H and O–H groups in total. The van der Waals surface area contributed by atoms with Crippen molar-refractivity contribution in [2.24, 2.45) is 0 Å². The molecule has 2 aromatic carbocycles. The molecule has 0 saturated carbocycles. The van der Waals surface area contributed by atoms with Gasteiger partial charge in [0.1, 0.15) is 0 Å². The van der Waals surface area contributed by atoms with E-state index in [1.165, 1.54) is 16.7 Å². The molecule has 106 valence electrons. The molecule has 0 saturated heterocycles. The summed E-state index contributed by atoms with van der Waals surface area (Å²) >= 11 is 12.1. The quantitative estimate of drug-likeness (QED) is 0.801. The molecule has 1 atom stereocenters. The highest BCUT2D eigenvalue weighted by molar-refractivity contribution is 6.42. The molecular weight excluding hydrogens is 289 g/mol. The highest BCUT2D eigenvalue weighted by atomic mass is 35.5. The van der Waals surface area contributed by atoms with Crippen molar-refractivity contribution >= 4 is 23.2 Å². The molecule has 0 spiro atoms. The monoisotopic (exact) mass is 307 g/mol. The van der Waals surface area contributed by atoms with Gasteiger partial charge in [-0.3, -0.25) is 0 Å². The third-order valence-corrected chi connectivity index (χ3v) is 4.22. The van der Waals surface area contributed by atoms with E-state index in [1.54, 1.807) is 0 Å². The number of nitrogens with one attached hydrogen (secondary N) is 1. The molecule has 0 heterocycles. The molecule has 0 bridgehead atoms. The van der Waals surface area contributed by atoms with Crippen LogP contribution in [0.3, 0.4) is 0 Å². The summed E-state index contributed by atoms with van der Waals surface area (Å²) in [7, 11) is 0. The second-order valence-corrected chi connectivity index (χ2v) is 5.73. The van der Waals surface area contributed by atoms with E-state index in [9.17, 15) is 0 Å². The SMILES string of the molecule is CCNC(Cc1ccccc1C)c1ccc(Cl)c(Cl)c1. The summed E-state index contributed by atoms with van der Waals surface area (Å²) < 4.78 is 0. The van der Waals surface area contributed by atoms with Gasteiger partial charge in [-0.1, -0.05) is 60.5 Å². The number of benzene rings is 2. The Morgan fingerprint density at radius 2 is 1.80 bits per heavy atom. The fraction of sp³-hybridized carbons (Fsp3) is 0.294. The average Bonchev–Trinajstić information content (AvgIpc) is 2.44. The largest absolute Gasteiger partial charge is 0.310 e. The van der Waals surface area contributed by atoms with E-state index in [2.05, 4.69) is 43.4 Å². The fourth-order valence-corrected chi connectivity index (χ4v) is 2.65. The Bertz CT molecular complexity index is 581. The van der Waals surface area contributed by atoms with Gasteiger partial charge in [-0.05, 0) is 48.7 Å². The van der Waals surface area contributed by atoms with Gasteiger partial charge in [0.2, 0.25) is 0 Å². The number of hydrogen-bond acceptors (Lipinski definition) is 1. The summed E-state index contributed by atoms with van der Waals surface area (Å²) in [4.78, 5) is 0. The third-order valence-electron chi connectivity index (χ3n) is 3.48. The molecule has 0 amide bonds. The summed E-state index contributed by atoms with van der Waals surface area (Å²) in [5.41, 5.74) is 3.84. The van der Waals surface area contributed by atoms with Gasteiger partial charge in [0.25, 0.3) is 0 Å². The molecule has 0 aromatic heterocycles. The van der Waals surface area contributed by atoms with Crippen molar-refractivity contribution < 1.29 is 0 Å². The van der Waals surface area contributed by atoms with Crippen molar-refractivity contribution in [3.05, 3.63) is 69.2 Å². The number of likely N-dealkylation sites (N-methyl/N-ethyl adjacent to an activating group) is 1. The molecule has 0 aliphatic heterocycles. The van der Waals surface area contributed by atoms with Crippen molar-refractivity contribution in [3.63, 3.8) is 0 Å². The molecule has 0 aliphatic carbocycles. The van der Waals surface area contributed by atoms with Crippen molar-refractivity contribution in [1.29, 1.82) is 0 Å². The molecule has 1 unspecified atom stereocenters. The predicted octanol–water partition coefficient (Wildman–Crippen LogP) is 5.20. The normalized spacial score (nSPS) is 12.4. The Hall–Kier alpha value is -1.02. The van der Waals surface area contributed by atoms with Gasteiger partial charge in [0.05, 0.1) is 10.0 Å². The van der Waals surface area contributed by atoms with Crippen LogP contribution in [0.25, 0.3) is 0 Å². The van der Waals surface area contributed by atoms with E-state index < -0.39 is 0 Å². The summed E-state index contributed by atoms with van der Waals surface area (Å²) in [5.74, 6) is 0. The minimum atomic E-state index is 0.246. The summed E-state index contributed by atoms with van der Waals surface area (Å²) in [6.07, 6.45) is 0.943. The van der Waals surface area contributed by atoms with Crippen LogP contribution < -0.4 is 5.32 Å². The van der Waals surface area contributed by atoms with Crippen molar-refractivity contribution in [3.8, 4) is 0 Å². The van der Waals surface area contributed by atoms with Gasteiger partial charge in [0, 0.05) is 6.04 Å². The van der Waals surface area contributed by atoms with Crippen LogP contribution in [0, 0.1) is 6.92 Å². The first-order valence-corrected chi connectivity index (χ1v) is 7.60. The smallest absolute Gasteiger partial charge is 0.0595 e. The zero-order valence-corrected chi connectivity index (χ0v) is 13.3. The van der Waals surface area contributed by atoms with E-state index in [0.717, 1.165) is 13.0 Å². The molecule has 3 heteroatoms. The maximum atomic E-state index is 6.13. The van der Waals surface area contributed by atoms with E-state index >= 15 is 0 Å². The van der Waals surface area contributed by atoms with Crippen molar-refractivity contribution in [2.75, 3.05) is 6.54 Å². The Labute approximate surface area is 130 Å². The number of hydrogen-bond donors (Lipinski definition) is 1. The second-order valence-electron chi connectivity index (χ2n) is 4.91. The van der Waals surface area contributed by atoms with Crippen LogP contribution in [0.15, 0.2) is 42.5 Å². The first-order valence-electron chi connectivity index (χ1n) is 6.84. The predicted molar refractivity (Wildman–Crippen MR) is 87.8 cm³/mol. The molecule has 2 rings (SSSR count). The second kappa shape index (κ2) is 7.12. The van der Waals surface area contributed by atoms with Crippen LogP contribution in [-0.2, 0) is 6.42 Å². The standard InChI is InChI=1S/C17H19Cl2N/c1-3-20-17(11-13-7-5-4-6-12(13)2)14-8-9-15(18)16(19)10-14/h4-10,17,20H,3,11H2,1-2H3. The Morgan fingerprint density at radius 3 is 2.45 bits per heavy atom. The van der Waals surface area contributed by atoms with E-state index in [1.807, 2.05) is 18.2 Å². The van der Waals surface area contributed by atoms with Gasteiger partial charge in [0.15, 0.2) is 0 Å². The Balaban J connectivity index is 2.27. The number of rotatable bonds is 5. The van der Waals surface area contributed by atoms with Crippen LogP contribution in [0.1, 0.15) is 29.7 Å². The van der Waals surface area contributed by atoms with E-state index in [-0.39, 0.29) is 6.04 Å². The van der Waals surface area contributed by atoms with Gasteiger partial charge in [-0.2, -0.15) is 0 Å². The third kappa shape index (κ3) is 3.76. The average molecular weight is 308 g/mol. The van der Waals surface area contributed by atoms with Crippen LogP contribution >= 0.6 is 23.2 Å². The maximum absolute atomic E-state index is 6.13. The highest BCUT2D eigenvalue weighted by Crippen LogP contribution is 2.27. The zero-order valence-electron chi connectivity index (χ0n) is 11.8.